The predicted molar refractivity (Wildman–Crippen MR) is 323 cm³/mol. The lowest BCUT2D eigenvalue weighted by molar-refractivity contribution is 0.660. The largest absolute Gasteiger partial charge is 0.342 e. The summed E-state index contributed by atoms with van der Waals surface area (Å²) in [5.74, 6) is 0. The van der Waals surface area contributed by atoms with Gasteiger partial charge in [-0.3, -0.25) is 0 Å². The van der Waals surface area contributed by atoms with Gasteiger partial charge in [0.25, 0.3) is 0 Å². The minimum absolute atomic E-state index is 0.0323. The monoisotopic (exact) mass is 981 g/mol. The van der Waals surface area contributed by atoms with Crippen molar-refractivity contribution in [1.82, 2.24) is 0 Å². The molecule has 0 bridgehead atoms. The Balaban J connectivity index is 0.916. The molecule has 0 saturated carbocycles. The van der Waals surface area contributed by atoms with Crippen LogP contribution in [0, 0.1) is 0 Å². The lowest BCUT2D eigenvalue weighted by atomic mass is 9.80. The second-order valence-corrected chi connectivity index (χ2v) is 23.6. The van der Waals surface area contributed by atoms with Crippen LogP contribution in [0.25, 0.3) is 77.2 Å². The van der Waals surface area contributed by atoms with E-state index in [1.807, 2.05) is 0 Å². The molecule has 0 saturated heterocycles. The maximum absolute atomic E-state index is 2.63. The number of rotatable bonds is 6. The molecule has 2 heteroatoms. The Morgan fingerprint density at radius 3 is 1.67 bits per heavy atom. The van der Waals surface area contributed by atoms with Crippen LogP contribution < -0.4 is 9.80 Å². The number of nitrogens with zero attached hydrogens (tertiary/aromatic N) is 2. The molecule has 15 rings (SSSR count). The maximum Gasteiger partial charge on any atom is 0.0443 e. The highest BCUT2D eigenvalue weighted by atomic mass is 15.1. The normalized spacial score (nSPS) is 17.7. The summed E-state index contributed by atoms with van der Waals surface area (Å²) in [5, 5.41) is 5.30. The van der Waals surface area contributed by atoms with Crippen LogP contribution in [0.15, 0.2) is 205 Å². The van der Waals surface area contributed by atoms with E-state index >= 15 is 0 Å². The first-order valence-electron chi connectivity index (χ1n) is 28.2. The van der Waals surface area contributed by atoms with Crippen molar-refractivity contribution in [2.24, 2.45) is 0 Å². The Labute approximate surface area is 449 Å². The molecule has 0 atom stereocenters. The van der Waals surface area contributed by atoms with E-state index in [1.165, 1.54) is 158 Å². The zero-order valence-electron chi connectivity index (χ0n) is 44.4. The highest BCUT2D eigenvalue weighted by Crippen LogP contribution is 2.53. The first-order valence-corrected chi connectivity index (χ1v) is 28.2. The standard InChI is InChI=1S/C74H64N2/c1-73(2)65-21-9-7-19-57(65)59-37-33-53(43-67(59)73)47-25-29-51(30-26-47)71-61-39-35-56(76-42-14-18-50-16-6-12-24-70(50)76)46-64(61)72(62-40-36-55(45-63(62)71)75-41-13-17-49-15-5-11-23-69(49)75)52-31-27-48(28-32-52)54-34-38-60-58-20-8-10-22-66(58)74(3,4)68(60)44-54/h5,7-12,15,19-27,29-31,33-40,43-46H,6,13-14,16-18,28,32,41-42H2,1-4H3. The second kappa shape index (κ2) is 17.3. The van der Waals surface area contributed by atoms with Gasteiger partial charge >= 0.3 is 0 Å². The van der Waals surface area contributed by atoms with E-state index in [-0.39, 0.29) is 10.8 Å². The number of hydrogen-bond donors (Lipinski definition) is 0. The maximum atomic E-state index is 2.63. The Bertz CT molecular complexity index is 4050. The fourth-order valence-corrected chi connectivity index (χ4v) is 14.8. The third-order valence-electron chi connectivity index (χ3n) is 18.7. The average molecular weight is 981 g/mol. The molecule has 0 fully saturated rings. The summed E-state index contributed by atoms with van der Waals surface area (Å²) in [6.07, 6.45) is 18.7. The fourth-order valence-electron chi connectivity index (χ4n) is 14.8. The van der Waals surface area contributed by atoms with Crippen molar-refractivity contribution >= 4 is 49.8 Å². The number of hydrogen-bond acceptors (Lipinski definition) is 2. The molecule has 0 aromatic heterocycles. The van der Waals surface area contributed by atoms with E-state index < -0.39 is 0 Å². The van der Waals surface area contributed by atoms with Gasteiger partial charge in [-0.2, -0.15) is 0 Å². The first kappa shape index (κ1) is 45.5. The molecule has 6 aliphatic rings. The Morgan fingerprint density at radius 2 is 0.947 bits per heavy atom. The van der Waals surface area contributed by atoms with Gasteiger partial charge in [-0.25, -0.2) is 0 Å². The molecule has 2 nitrogen and oxygen atoms in total. The van der Waals surface area contributed by atoms with Crippen molar-refractivity contribution in [2.45, 2.75) is 89.9 Å². The molecule has 2 aliphatic heterocycles. The summed E-state index contributed by atoms with van der Waals surface area (Å²) in [6, 6.07) is 65.9. The van der Waals surface area contributed by atoms with Crippen LogP contribution in [0.4, 0.5) is 17.1 Å². The van der Waals surface area contributed by atoms with Crippen LogP contribution in [0.3, 0.4) is 0 Å². The van der Waals surface area contributed by atoms with Gasteiger partial charge in [-0.1, -0.05) is 173 Å². The molecule has 0 amide bonds. The lowest BCUT2D eigenvalue weighted by Gasteiger charge is -2.35. The zero-order chi connectivity index (χ0) is 50.9. The number of allylic oxidation sites excluding steroid dienone is 7. The molecule has 9 aromatic carbocycles. The fraction of sp³-hybridized carbons (Fsp3) is 0.216. The average Bonchev–Trinajstić information content (AvgIpc) is 3.90. The highest BCUT2D eigenvalue weighted by molar-refractivity contribution is 6.20. The summed E-state index contributed by atoms with van der Waals surface area (Å²) in [5.41, 5.74) is 30.1. The number of fused-ring (bicyclic) bond motifs is 9. The van der Waals surface area contributed by atoms with Crippen molar-refractivity contribution in [3.05, 3.63) is 244 Å². The van der Waals surface area contributed by atoms with Crippen molar-refractivity contribution in [2.75, 3.05) is 22.9 Å². The van der Waals surface area contributed by atoms with Crippen LogP contribution in [-0.2, 0) is 17.3 Å². The number of para-hydroxylation sites is 1. The first-order chi connectivity index (χ1) is 37.2. The van der Waals surface area contributed by atoms with Crippen LogP contribution in [-0.4, -0.2) is 13.1 Å². The van der Waals surface area contributed by atoms with E-state index in [0.29, 0.717) is 0 Å². The van der Waals surface area contributed by atoms with Gasteiger partial charge in [0.2, 0.25) is 0 Å². The SMILES string of the molecule is CC1(C)c2ccccc2-c2ccc(C3=CC=C(c4c5cc(N6CCCC7=C6C=CCC7)ccc5c(-c5ccc(-c6ccc7c(c6)C(C)(C)c6ccccc6-7)cc5)c5cc(N6CCCc7ccccc76)ccc45)CC3)cc21. The van der Waals surface area contributed by atoms with E-state index in [0.717, 1.165) is 45.2 Å². The van der Waals surface area contributed by atoms with E-state index in [9.17, 15) is 0 Å². The summed E-state index contributed by atoms with van der Waals surface area (Å²) >= 11 is 0. The predicted octanol–water partition coefficient (Wildman–Crippen LogP) is 19.5. The van der Waals surface area contributed by atoms with Gasteiger partial charge in [0.1, 0.15) is 0 Å². The molecule has 0 radical (unpaired) electrons. The molecular formula is C74H64N2. The van der Waals surface area contributed by atoms with Gasteiger partial charge in [0, 0.05) is 46.7 Å². The molecular weight excluding hydrogens is 917 g/mol. The van der Waals surface area contributed by atoms with E-state index in [4.69, 9.17) is 0 Å². The van der Waals surface area contributed by atoms with E-state index in [2.05, 4.69) is 232 Å². The quantitative estimate of drug-likeness (QED) is 0.153. The number of benzene rings is 9. The van der Waals surface area contributed by atoms with E-state index in [1.54, 1.807) is 5.57 Å². The minimum Gasteiger partial charge on any atom is -0.342 e. The summed E-state index contributed by atoms with van der Waals surface area (Å²) in [7, 11) is 0. The smallest absolute Gasteiger partial charge is 0.0443 e. The van der Waals surface area contributed by atoms with Gasteiger partial charge in [-0.05, 0) is 222 Å². The minimum atomic E-state index is -0.0520. The van der Waals surface area contributed by atoms with Crippen molar-refractivity contribution in [3.8, 4) is 44.5 Å². The summed E-state index contributed by atoms with van der Waals surface area (Å²) in [4.78, 5) is 5.21. The Morgan fingerprint density at radius 1 is 0.395 bits per heavy atom. The van der Waals surface area contributed by atoms with Crippen molar-refractivity contribution in [1.29, 1.82) is 0 Å². The van der Waals surface area contributed by atoms with Gasteiger partial charge in [-0.15, -0.1) is 0 Å². The zero-order valence-corrected chi connectivity index (χ0v) is 44.4. The molecule has 4 aliphatic carbocycles. The van der Waals surface area contributed by atoms with Crippen molar-refractivity contribution in [3.63, 3.8) is 0 Å². The lowest BCUT2D eigenvalue weighted by Crippen LogP contribution is -2.28. The number of anilines is 3. The Hall–Kier alpha value is -7.94. The summed E-state index contributed by atoms with van der Waals surface area (Å²) in [6.45, 7) is 11.6. The molecule has 0 unspecified atom stereocenters. The molecule has 370 valence electrons. The third kappa shape index (κ3) is 6.99. The topological polar surface area (TPSA) is 6.48 Å². The van der Waals surface area contributed by atoms with Crippen LogP contribution >= 0.6 is 0 Å². The highest BCUT2D eigenvalue weighted by Gasteiger charge is 2.37. The molecule has 76 heavy (non-hydrogen) atoms. The van der Waals surface area contributed by atoms with Gasteiger partial charge in [0.05, 0.1) is 0 Å². The van der Waals surface area contributed by atoms with Crippen LogP contribution in [0.5, 0.6) is 0 Å². The van der Waals surface area contributed by atoms with Crippen LogP contribution in [0.2, 0.25) is 0 Å². The van der Waals surface area contributed by atoms with Crippen LogP contribution in [0.1, 0.15) is 112 Å². The molecule has 9 aromatic rings. The summed E-state index contributed by atoms with van der Waals surface area (Å²) < 4.78 is 0. The molecule has 0 N–H and O–H groups in total. The Kier molecular flexibility index (Phi) is 10.3. The third-order valence-corrected chi connectivity index (χ3v) is 18.7. The molecule has 0 spiro atoms. The molecule has 2 heterocycles. The number of aryl methyl sites for hydroxylation is 1. The van der Waals surface area contributed by atoms with Crippen molar-refractivity contribution < 1.29 is 0 Å². The van der Waals surface area contributed by atoms with Gasteiger partial charge < -0.3 is 9.80 Å². The second-order valence-electron chi connectivity index (χ2n) is 23.6. The van der Waals surface area contributed by atoms with Gasteiger partial charge in [0.15, 0.2) is 0 Å².